The quantitative estimate of drug-likeness (QED) is 0.881. The van der Waals surface area contributed by atoms with Gasteiger partial charge in [0.1, 0.15) is 0 Å². The van der Waals surface area contributed by atoms with Gasteiger partial charge in [0.25, 0.3) is 0 Å². The molecule has 2 unspecified atom stereocenters. The third-order valence-corrected chi connectivity index (χ3v) is 3.81. The second kappa shape index (κ2) is 7.02. The molecular formula is C16H23F2NO. The molecule has 0 saturated heterocycles. The summed E-state index contributed by atoms with van der Waals surface area (Å²) in [6.07, 6.45) is 3.92. The number of hydrogen-bond donors (Lipinski definition) is 1. The van der Waals surface area contributed by atoms with Gasteiger partial charge in [-0.3, -0.25) is 0 Å². The first kappa shape index (κ1) is 15.2. The second-order valence-electron chi connectivity index (χ2n) is 5.68. The van der Waals surface area contributed by atoms with Gasteiger partial charge in [-0.1, -0.05) is 20.3 Å². The summed E-state index contributed by atoms with van der Waals surface area (Å²) in [4.78, 5) is 0. The minimum Gasteiger partial charge on any atom is -0.484 e. The van der Waals surface area contributed by atoms with E-state index in [0.29, 0.717) is 18.0 Å². The topological polar surface area (TPSA) is 21.3 Å². The first-order valence-electron chi connectivity index (χ1n) is 7.45. The van der Waals surface area contributed by atoms with Crippen LogP contribution in [0.15, 0.2) is 12.1 Å². The summed E-state index contributed by atoms with van der Waals surface area (Å²) in [6, 6.07) is 2.71. The van der Waals surface area contributed by atoms with Gasteiger partial charge in [0.15, 0.2) is 17.4 Å². The van der Waals surface area contributed by atoms with Gasteiger partial charge in [-0.15, -0.1) is 0 Å². The molecule has 1 aromatic carbocycles. The van der Waals surface area contributed by atoms with E-state index < -0.39 is 11.6 Å². The Hall–Kier alpha value is -1.16. The zero-order chi connectivity index (χ0) is 14.5. The number of nitrogens with one attached hydrogen (secondary N) is 1. The highest BCUT2D eigenvalue weighted by molar-refractivity contribution is 5.31. The Morgan fingerprint density at radius 2 is 1.95 bits per heavy atom. The van der Waals surface area contributed by atoms with Crippen LogP contribution in [0, 0.1) is 17.6 Å². The molecule has 0 radical (unpaired) electrons. The third-order valence-electron chi connectivity index (χ3n) is 3.81. The molecule has 1 N–H and O–H groups in total. The van der Waals surface area contributed by atoms with Crippen molar-refractivity contribution in [2.24, 2.45) is 5.92 Å². The smallest absolute Gasteiger partial charge is 0.191 e. The first-order chi connectivity index (χ1) is 9.60. The van der Waals surface area contributed by atoms with E-state index in [4.69, 9.17) is 4.74 Å². The van der Waals surface area contributed by atoms with E-state index in [0.717, 1.165) is 25.8 Å². The maximum atomic E-state index is 14.0. The molecule has 0 spiro atoms. The molecule has 20 heavy (non-hydrogen) atoms. The average Bonchev–Trinajstić information content (AvgIpc) is 2.40. The first-order valence-corrected chi connectivity index (χ1v) is 7.45. The average molecular weight is 283 g/mol. The highest BCUT2D eigenvalue weighted by Gasteiger charge is 2.23. The van der Waals surface area contributed by atoms with Gasteiger partial charge in [0.05, 0.1) is 6.10 Å². The molecule has 1 aliphatic rings. The molecule has 4 heteroatoms. The van der Waals surface area contributed by atoms with Gasteiger partial charge in [-0.25, -0.2) is 8.78 Å². The van der Waals surface area contributed by atoms with Crippen LogP contribution >= 0.6 is 0 Å². The van der Waals surface area contributed by atoms with Crippen LogP contribution in [0.3, 0.4) is 0 Å². The fourth-order valence-electron chi connectivity index (χ4n) is 2.75. The van der Waals surface area contributed by atoms with Crippen molar-refractivity contribution < 1.29 is 13.5 Å². The highest BCUT2D eigenvalue weighted by atomic mass is 19.1. The van der Waals surface area contributed by atoms with E-state index in [-0.39, 0.29) is 11.9 Å². The second-order valence-corrected chi connectivity index (χ2v) is 5.68. The molecular weight excluding hydrogens is 260 g/mol. The van der Waals surface area contributed by atoms with Crippen molar-refractivity contribution in [3.8, 4) is 5.75 Å². The normalized spacial score (nSPS) is 22.8. The van der Waals surface area contributed by atoms with Gasteiger partial charge < -0.3 is 10.1 Å². The number of rotatable bonds is 5. The van der Waals surface area contributed by atoms with Crippen LogP contribution in [0.4, 0.5) is 8.78 Å². The van der Waals surface area contributed by atoms with E-state index in [1.165, 1.54) is 18.6 Å². The maximum Gasteiger partial charge on any atom is 0.191 e. The van der Waals surface area contributed by atoms with E-state index in [9.17, 15) is 8.78 Å². The van der Waals surface area contributed by atoms with Crippen molar-refractivity contribution in [1.29, 1.82) is 0 Å². The minimum atomic E-state index is -0.601. The number of ether oxygens (including phenoxy) is 1. The molecule has 0 heterocycles. The fourth-order valence-corrected chi connectivity index (χ4v) is 2.75. The van der Waals surface area contributed by atoms with Crippen LogP contribution in [-0.2, 0) is 6.54 Å². The van der Waals surface area contributed by atoms with Crippen molar-refractivity contribution in [1.82, 2.24) is 5.32 Å². The summed E-state index contributed by atoms with van der Waals surface area (Å²) in [5.74, 6) is -0.857. The van der Waals surface area contributed by atoms with E-state index >= 15 is 0 Å². The summed E-state index contributed by atoms with van der Waals surface area (Å²) in [5, 5.41) is 3.05. The Bertz CT molecular complexity index is 427. The molecule has 1 saturated carbocycles. The maximum absolute atomic E-state index is 14.0. The van der Waals surface area contributed by atoms with Gasteiger partial charge >= 0.3 is 0 Å². The molecule has 0 amide bonds. The van der Waals surface area contributed by atoms with Crippen molar-refractivity contribution >= 4 is 0 Å². The predicted octanol–water partition coefficient (Wildman–Crippen LogP) is 4.03. The molecule has 2 rings (SSSR count). The molecule has 112 valence electrons. The van der Waals surface area contributed by atoms with Crippen LogP contribution in [0.2, 0.25) is 0 Å². The van der Waals surface area contributed by atoms with Gasteiger partial charge in [0.2, 0.25) is 0 Å². The molecule has 2 nitrogen and oxygen atoms in total. The zero-order valence-corrected chi connectivity index (χ0v) is 12.2. The lowest BCUT2D eigenvalue weighted by Crippen LogP contribution is -2.25. The zero-order valence-electron chi connectivity index (χ0n) is 12.2. The molecule has 1 aliphatic carbocycles. The Morgan fingerprint density at radius 3 is 2.55 bits per heavy atom. The Morgan fingerprint density at radius 1 is 1.25 bits per heavy atom. The number of halogens is 2. The van der Waals surface area contributed by atoms with Crippen LogP contribution < -0.4 is 10.1 Å². The number of hydrogen-bond acceptors (Lipinski definition) is 2. The largest absolute Gasteiger partial charge is 0.484 e. The molecule has 0 aromatic heterocycles. The minimum absolute atomic E-state index is 0.0673. The monoisotopic (exact) mass is 283 g/mol. The highest BCUT2D eigenvalue weighted by Crippen LogP contribution is 2.30. The van der Waals surface area contributed by atoms with Crippen LogP contribution in [0.25, 0.3) is 0 Å². The van der Waals surface area contributed by atoms with Crippen LogP contribution in [-0.4, -0.2) is 12.6 Å². The lowest BCUT2D eigenvalue weighted by atomic mass is 9.89. The van der Waals surface area contributed by atoms with Gasteiger partial charge in [0, 0.05) is 6.54 Å². The number of benzene rings is 1. The van der Waals surface area contributed by atoms with Gasteiger partial charge in [-0.05, 0) is 49.4 Å². The van der Waals surface area contributed by atoms with Gasteiger partial charge in [-0.2, -0.15) is 0 Å². The van der Waals surface area contributed by atoms with Crippen molar-refractivity contribution in [3.63, 3.8) is 0 Å². The molecule has 0 aliphatic heterocycles. The summed E-state index contributed by atoms with van der Waals surface area (Å²) in [6.45, 7) is 5.34. The molecule has 1 fully saturated rings. The predicted molar refractivity (Wildman–Crippen MR) is 75.8 cm³/mol. The van der Waals surface area contributed by atoms with E-state index in [2.05, 4.69) is 12.2 Å². The lowest BCUT2D eigenvalue weighted by molar-refractivity contribution is 0.118. The van der Waals surface area contributed by atoms with Crippen molar-refractivity contribution in [2.45, 2.75) is 52.2 Å². The fraction of sp³-hybridized carbons (Fsp3) is 0.625. The van der Waals surface area contributed by atoms with Crippen LogP contribution in [0.5, 0.6) is 5.75 Å². The third kappa shape index (κ3) is 3.92. The van der Waals surface area contributed by atoms with Crippen LogP contribution in [0.1, 0.15) is 45.1 Å². The lowest BCUT2D eigenvalue weighted by Gasteiger charge is -2.27. The summed E-state index contributed by atoms with van der Waals surface area (Å²) >= 11 is 0. The summed E-state index contributed by atoms with van der Waals surface area (Å²) < 4.78 is 33.6. The Kier molecular flexibility index (Phi) is 5.35. The van der Waals surface area contributed by atoms with E-state index in [1.807, 2.05) is 6.92 Å². The standard InChI is InChI=1S/C16H23F2NO/c1-3-19-10-12-8-14(17)16(15(18)9-12)20-13-6-4-5-11(2)7-13/h8-9,11,13,19H,3-7,10H2,1-2H3. The van der Waals surface area contributed by atoms with Crippen molar-refractivity contribution in [2.75, 3.05) is 6.54 Å². The summed E-state index contributed by atoms with van der Waals surface area (Å²) in [7, 11) is 0. The Balaban J connectivity index is 2.07. The summed E-state index contributed by atoms with van der Waals surface area (Å²) in [5.41, 5.74) is 0.603. The molecule has 2 atom stereocenters. The molecule has 1 aromatic rings. The SMILES string of the molecule is CCNCc1cc(F)c(OC2CCCC(C)C2)c(F)c1. The van der Waals surface area contributed by atoms with E-state index in [1.54, 1.807) is 0 Å². The molecule has 0 bridgehead atoms. The Labute approximate surface area is 119 Å². The van der Waals surface area contributed by atoms with Crippen molar-refractivity contribution in [3.05, 3.63) is 29.3 Å².